The summed E-state index contributed by atoms with van der Waals surface area (Å²) >= 11 is 9.30. The lowest BCUT2D eigenvalue weighted by molar-refractivity contribution is 0.102. The summed E-state index contributed by atoms with van der Waals surface area (Å²) in [5, 5.41) is 3.27. The standard InChI is InChI=1S/C18H11BrClFN2O/c19-15-7-6-14(9-16(15)20)23-18(24)12-3-8-17(22-10-12)11-1-4-13(21)5-2-11/h1-10H,(H,23,24). The van der Waals surface area contributed by atoms with Crippen molar-refractivity contribution in [2.45, 2.75) is 0 Å². The van der Waals surface area contributed by atoms with Crippen LogP contribution < -0.4 is 5.32 Å². The topological polar surface area (TPSA) is 42.0 Å². The number of pyridine rings is 1. The van der Waals surface area contributed by atoms with Crippen LogP contribution in [0.15, 0.2) is 65.3 Å². The molecule has 1 heterocycles. The van der Waals surface area contributed by atoms with E-state index in [9.17, 15) is 9.18 Å². The number of anilines is 1. The van der Waals surface area contributed by atoms with Gasteiger partial charge in [0, 0.05) is 21.9 Å². The Morgan fingerprint density at radius 1 is 1.08 bits per heavy atom. The van der Waals surface area contributed by atoms with Crippen LogP contribution in [0.4, 0.5) is 10.1 Å². The van der Waals surface area contributed by atoms with Crippen LogP contribution in [0.25, 0.3) is 11.3 Å². The first-order valence-electron chi connectivity index (χ1n) is 7.01. The van der Waals surface area contributed by atoms with Gasteiger partial charge in [0.1, 0.15) is 5.82 Å². The maximum absolute atomic E-state index is 12.9. The summed E-state index contributed by atoms with van der Waals surface area (Å²) in [6.45, 7) is 0. The normalized spacial score (nSPS) is 10.5. The van der Waals surface area contributed by atoms with E-state index < -0.39 is 0 Å². The van der Waals surface area contributed by atoms with E-state index in [4.69, 9.17) is 11.6 Å². The zero-order valence-electron chi connectivity index (χ0n) is 12.3. The number of nitrogens with zero attached hydrogens (tertiary/aromatic N) is 1. The second kappa shape index (κ2) is 7.11. The van der Waals surface area contributed by atoms with Gasteiger partial charge in [-0.1, -0.05) is 11.6 Å². The van der Waals surface area contributed by atoms with Crippen molar-refractivity contribution < 1.29 is 9.18 Å². The molecule has 0 saturated carbocycles. The van der Waals surface area contributed by atoms with Gasteiger partial charge in [-0.15, -0.1) is 0 Å². The molecule has 1 amide bonds. The molecule has 120 valence electrons. The fourth-order valence-corrected chi connectivity index (χ4v) is 2.52. The van der Waals surface area contributed by atoms with Gasteiger partial charge in [-0.25, -0.2) is 4.39 Å². The van der Waals surface area contributed by atoms with Crippen molar-refractivity contribution >= 4 is 39.1 Å². The average molecular weight is 406 g/mol. The Kier molecular flexibility index (Phi) is 4.92. The maximum Gasteiger partial charge on any atom is 0.257 e. The van der Waals surface area contributed by atoms with Gasteiger partial charge in [0.15, 0.2) is 0 Å². The first-order chi connectivity index (χ1) is 11.5. The summed E-state index contributed by atoms with van der Waals surface area (Å²) < 4.78 is 13.7. The van der Waals surface area contributed by atoms with Crippen molar-refractivity contribution in [1.29, 1.82) is 0 Å². The van der Waals surface area contributed by atoms with Gasteiger partial charge in [-0.2, -0.15) is 0 Å². The number of amides is 1. The summed E-state index contributed by atoms with van der Waals surface area (Å²) in [4.78, 5) is 16.5. The Hall–Kier alpha value is -2.24. The van der Waals surface area contributed by atoms with Crippen molar-refractivity contribution in [3.8, 4) is 11.3 Å². The SMILES string of the molecule is O=C(Nc1ccc(Br)c(Cl)c1)c1ccc(-c2ccc(F)cc2)nc1. The van der Waals surface area contributed by atoms with E-state index >= 15 is 0 Å². The van der Waals surface area contributed by atoms with Crippen LogP contribution in [-0.4, -0.2) is 10.9 Å². The van der Waals surface area contributed by atoms with E-state index in [0.717, 1.165) is 10.0 Å². The van der Waals surface area contributed by atoms with Gasteiger partial charge in [0.2, 0.25) is 0 Å². The van der Waals surface area contributed by atoms with Crippen molar-refractivity contribution in [1.82, 2.24) is 4.98 Å². The van der Waals surface area contributed by atoms with Gasteiger partial charge in [-0.05, 0) is 70.5 Å². The second-order valence-electron chi connectivity index (χ2n) is 5.02. The molecule has 6 heteroatoms. The lowest BCUT2D eigenvalue weighted by Gasteiger charge is -2.07. The number of hydrogen-bond acceptors (Lipinski definition) is 2. The highest BCUT2D eigenvalue weighted by Gasteiger charge is 2.09. The van der Waals surface area contributed by atoms with Crippen molar-refractivity contribution in [2.24, 2.45) is 0 Å². The van der Waals surface area contributed by atoms with Crippen molar-refractivity contribution in [2.75, 3.05) is 5.32 Å². The number of halogens is 3. The molecule has 2 aromatic carbocycles. The summed E-state index contributed by atoms with van der Waals surface area (Å²) in [5.41, 5.74) is 2.46. The number of carbonyl (C=O) groups excluding carboxylic acids is 1. The Morgan fingerprint density at radius 2 is 1.83 bits per heavy atom. The lowest BCUT2D eigenvalue weighted by Crippen LogP contribution is -2.12. The van der Waals surface area contributed by atoms with Crippen molar-refractivity contribution in [3.05, 3.63) is 81.7 Å². The highest BCUT2D eigenvalue weighted by molar-refractivity contribution is 9.10. The van der Waals surface area contributed by atoms with Gasteiger partial charge in [-0.3, -0.25) is 9.78 Å². The van der Waals surface area contributed by atoms with Gasteiger partial charge in [0.25, 0.3) is 5.91 Å². The molecule has 0 unspecified atom stereocenters. The summed E-state index contributed by atoms with van der Waals surface area (Å²) in [5.74, 6) is -0.588. The van der Waals surface area contributed by atoms with E-state index in [1.807, 2.05) is 0 Å². The van der Waals surface area contributed by atoms with Gasteiger partial charge < -0.3 is 5.32 Å². The first kappa shape index (κ1) is 16.6. The molecular formula is C18H11BrClFN2O. The molecule has 0 aliphatic carbocycles. The minimum absolute atomic E-state index is 0.286. The van der Waals surface area contributed by atoms with Gasteiger partial charge in [0.05, 0.1) is 16.3 Å². The maximum atomic E-state index is 12.9. The number of aromatic nitrogens is 1. The minimum atomic E-state index is -0.303. The predicted molar refractivity (Wildman–Crippen MR) is 96.7 cm³/mol. The van der Waals surface area contributed by atoms with Crippen LogP contribution in [0.1, 0.15) is 10.4 Å². The second-order valence-corrected chi connectivity index (χ2v) is 6.28. The number of hydrogen-bond donors (Lipinski definition) is 1. The largest absolute Gasteiger partial charge is 0.322 e. The molecule has 0 spiro atoms. The minimum Gasteiger partial charge on any atom is -0.322 e. The Morgan fingerprint density at radius 3 is 2.46 bits per heavy atom. The zero-order valence-corrected chi connectivity index (χ0v) is 14.6. The van der Waals surface area contributed by atoms with Crippen LogP contribution >= 0.6 is 27.5 Å². The van der Waals surface area contributed by atoms with Crippen LogP contribution in [0, 0.1) is 5.82 Å². The molecule has 0 aliphatic rings. The monoisotopic (exact) mass is 404 g/mol. The van der Waals surface area contributed by atoms with Crippen molar-refractivity contribution in [3.63, 3.8) is 0 Å². The summed E-state index contributed by atoms with van der Waals surface area (Å²) in [7, 11) is 0. The van der Waals surface area contributed by atoms with Crippen LogP contribution in [-0.2, 0) is 0 Å². The third-order valence-electron chi connectivity index (χ3n) is 3.34. The lowest BCUT2D eigenvalue weighted by atomic mass is 10.1. The van der Waals surface area contributed by atoms with Crippen LogP contribution in [0.2, 0.25) is 5.02 Å². The molecule has 0 radical (unpaired) electrons. The zero-order chi connectivity index (χ0) is 17.1. The van der Waals surface area contributed by atoms with E-state index in [0.29, 0.717) is 22.0 Å². The summed E-state index contributed by atoms with van der Waals surface area (Å²) in [6.07, 6.45) is 1.48. The first-order valence-corrected chi connectivity index (χ1v) is 8.18. The molecule has 3 nitrogen and oxygen atoms in total. The molecule has 1 N–H and O–H groups in total. The Balaban J connectivity index is 1.76. The average Bonchev–Trinajstić information content (AvgIpc) is 2.59. The fraction of sp³-hybridized carbons (Fsp3) is 0. The van der Waals surface area contributed by atoms with E-state index in [1.54, 1.807) is 42.5 Å². The van der Waals surface area contributed by atoms with E-state index in [2.05, 4.69) is 26.2 Å². The van der Waals surface area contributed by atoms with Gasteiger partial charge >= 0.3 is 0 Å². The highest BCUT2D eigenvalue weighted by atomic mass is 79.9. The molecule has 0 bridgehead atoms. The smallest absolute Gasteiger partial charge is 0.257 e. The molecule has 0 atom stereocenters. The number of nitrogens with one attached hydrogen (secondary N) is 1. The predicted octanol–water partition coefficient (Wildman–Crippen LogP) is 5.56. The van der Waals surface area contributed by atoms with Crippen LogP contribution in [0.3, 0.4) is 0 Å². The molecule has 3 rings (SSSR count). The third kappa shape index (κ3) is 3.80. The molecule has 0 saturated heterocycles. The number of benzene rings is 2. The fourth-order valence-electron chi connectivity index (χ4n) is 2.10. The van der Waals surface area contributed by atoms with E-state index in [-0.39, 0.29) is 11.7 Å². The van der Waals surface area contributed by atoms with E-state index in [1.165, 1.54) is 18.3 Å². The molecule has 24 heavy (non-hydrogen) atoms. The quantitative estimate of drug-likeness (QED) is 0.620. The molecule has 0 fully saturated rings. The molecule has 1 aromatic heterocycles. The highest BCUT2D eigenvalue weighted by Crippen LogP contribution is 2.26. The van der Waals surface area contributed by atoms with Crippen LogP contribution in [0.5, 0.6) is 0 Å². The Bertz CT molecular complexity index is 883. The third-order valence-corrected chi connectivity index (χ3v) is 4.58. The molecule has 0 aliphatic heterocycles. The molecule has 3 aromatic rings. The summed E-state index contributed by atoms with van der Waals surface area (Å²) in [6, 6.07) is 14.6. The number of rotatable bonds is 3. The Labute approximate surface area is 151 Å². The number of carbonyl (C=O) groups is 1. The molecular weight excluding hydrogens is 395 g/mol.